The molecule has 0 aliphatic heterocycles. The van der Waals surface area contributed by atoms with Gasteiger partial charge in [0.05, 0.1) is 12.6 Å². The van der Waals surface area contributed by atoms with Crippen molar-refractivity contribution in [1.29, 1.82) is 0 Å². The maximum absolute atomic E-state index is 9.43. The Kier molecular flexibility index (Phi) is 3.52. The van der Waals surface area contributed by atoms with Crippen molar-refractivity contribution in [2.45, 2.75) is 39.8 Å². The van der Waals surface area contributed by atoms with E-state index in [0.29, 0.717) is 0 Å². The van der Waals surface area contributed by atoms with Crippen LogP contribution in [-0.4, -0.2) is 27.3 Å². The first-order chi connectivity index (χ1) is 6.88. The maximum Gasteiger partial charge on any atom is 0.105 e. The number of aryl methyl sites for hydroxylation is 1. The SMILES string of the molecule is Cc1nccn1C(CO)C(N)C(C)(C)C. The Morgan fingerprint density at radius 3 is 2.47 bits per heavy atom. The summed E-state index contributed by atoms with van der Waals surface area (Å²) < 4.78 is 1.94. The Labute approximate surface area is 91.1 Å². The molecular weight excluding hydrogens is 190 g/mol. The van der Waals surface area contributed by atoms with Crippen LogP contribution >= 0.6 is 0 Å². The van der Waals surface area contributed by atoms with Crippen molar-refractivity contribution in [3.8, 4) is 0 Å². The van der Waals surface area contributed by atoms with Gasteiger partial charge in [0, 0.05) is 18.4 Å². The van der Waals surface area contributed by atoms with Gasteiger partial charge in [-0.3, -0.25) is 0 Å². The van der Waals surface area contributed by atoms with Gasteiger partial charge in [0.15, 0.2) is 0 Å². The van der Waals surface area contributed by atoms with Crippen molar-refractivity contribution in [1.82, 2.24) is 9.55 Å². The molecule has 0 aliphatic rings. The van der Waals surface area contributed by atoms with E-state index in [4.69, 9.17) is 5.73 Å². The van der Waals surface area contributed by atoms with Gasteiger partial charge in [-0.05, 0) is 12.3 Å². The molecular formula is C11H21N3O. The summed E-state index contributed by atoms with van der Waals surface area (Å²) in [5, 5.41) is 9.43. The number of aromatic nitrogens is 2. The zero-order valence-electron chi connectivity index (χ0n) is 9.94. The third-order valence-electron chi connectivity index (χ3n) is 2.82. The molecule has 15 heavy (non-hydrogen) atoms. The van der Waals surface area contributed by atoms with Crippen LogP contribution in [0.5, 0.6) is 0 Å². The summed E-state index contributed by atoms with van der Waals surface area (Å²) in [7, 11) is 0. The summed E-state index contributed by atoms with van der Waals surface area (Å²) in [4.78, 5) is 4.15. The number of hydrogen-bond donors (Lipinski definition) is 2. The molecule has 0 amide bonds. The van der Waals surface area contributed by atoms with Gasteiger partial charge in [0.1, 0.15) is 5.82 Å². The zero-order valence-corrected chi connectivity index (χ0v) is 9.94. The molecule has 1 rings (SSSR count). The standard InChI is InChI=1S/C11H21N3O/c1-8-13-5-6-14(8)9(7-15)10(12)11(2,3)4/h5-6,9-10,15H,7,12H2,1-4H3. The van der Waals surface area contributed by atoms with Crippen LogP contribution in [0.3, 0.4) is 0 Å². The topological polar surface area (TPSA) is 64.1 Å². The van der Waals surface area contributed by atoms with E-state index in [1.54, 1.807) is 6.20 Å². The number of hydrogen-bond acceptors (Lipinski definition) is 3. The van der Waals surface area contributed by atoms with Crippen LogP contribution in [0.1, 0.15) is 32.6 Å². The number of nitrogens with zero attached hydrogens (tertiary/aromatic N) is 2. The van der Waals surface area contributed by atoms with Crippen molar-refractivity contribution in [3.63, 3.8) is 0 Å². The van der Waals surface area contributed by atoms with Gasteiger partial charge in [-0.2, -0.15) is 0 Å². The van der Waals surface area contributed by atoms with Crippen LogP contribution in [0.4, 0.5) is 0 Å². The maximum atomic E-state index is 9.43. The predicted molar refractivity (Wildman–Crippen MR) is 60.5 cm³/mol. The first-order valence-corrected chi connectivity index (χ1v) is 5.23. The molecule has 0 spiro atoms. The summed E-state index contributed by atoms with van der Waals surface area (Å²) in [6.07, 6.45) is 3.59. The van der Waals surface area contributed by atoms with Gasteiger partial charge < -0.3 is 15.4 Å². The largest absolute Gasteiger partial charge is 0.394 e. The Balaban J connectivity index is 2.95. The minimum Gasteiger partial charge on any atom is -0.394 e. The van der Waals surface area contributed by atoms with Crippen molar-refractivity contribution in [2.24, 2.45) is 11.1 Å². The second-order valence-corrected chi connectivity index (χ2v) is 5.02. The Morgan fingerprint density at radius 1 is 1.53 bits per heavy atom. The fourth-order valence-corrected chi connectivity index (χ4v) is 1.69. The number of aliphatic hydroxyl groups is 1. The van der Waals surface area contributed by atoms with Crippen molar-refractivity contribution in [3.05, 3.63) is 18.2 Å². The Morgan fingerprint density at radius 2 is 2.13 bits per heavy atom. The second kappa shape index (κ2) is 4.33. The lowest BCUT2D eigenvalue weighted by Gasteiger charge is -2.34. The molecule has 0 saturated heterocycles. The van der Waals surface area contributed by atoms with Gasteiger partial charge in [-0.25, -0.2) is 4.98 Å². The smallest absolute Gasteiger partial charge is 0.105 e. The lowest BCUT2D eigenvalue weighted by molar-refractivity contribution is 0.153. The van der Waals surface area contributed by atoms with Crippen LogP contribution < -0.4 is 5.73 Å². The molecule has 0 radical (unpaired) electrons. The predicted octanol–water partition coefficient (Wildman–Crippen LogP) is 1.10. The third-order valence-corrected chi connectivity index (χ3v) is 2.82. The van der Waals surface area contributed by atoms with Crippen LogP contribution in [-0.2, 0) is 0 Å². The average Bonchev–Trinajstić information content (AvgIpc) is 2.52. The van der Waals surface area contributed by atoms with E-state index in [2.05, 4.69) is 25.8 Å². The summed E-state index contributed by atoms with van der Waals surface area (Å²) in [5.41, 5.74) is 6.12. The first kappa shape index (κ1) is 12.2. The lowest BCUT2D eigenvalue weighted by Crippen LogP contribution is -2.44. The van der Waals surface area contributed by atoms with Crippen LogP contribution in [0.15, 0.2) is 12.4 Å². The second-order valence-electron chi connectivity index (χ2n) is 5.02. The molecule has 4 heteroatoms. The molecule has 2 atom stereocenters. The summed E-state index contributed by atoms with van der Waals surface area (Å²) in [6, 6.07) is -0.206. The monoisotopic (exact) mass is 211 g/mol. The van der Waals surface area contributed by atoms with Crippen molar-refractivity contribution >= 4 is 0 Å². The highest BCUT2D eigenvalue weighted by atomic mass is 16.3. The molecule has 0 saturated carbocycles. The van der Waals surface area contributed by atoms with E-state index in [-0.39, 0.29) is 24.1 Å². The molecule has 0 fully saturated rings. The minimum atomic E-state index is -0.104. The van der Waals surface area contributed by atoms with E-state index >= 15 is 0 Å². The highest BCUT2D eigenvalue weighted by molar-refractivity contribution is 4.97. The third kappa shape index (κ3) is 2.58. The van der Waals surface area contributed by atoms with E-state index in [1.807, 2.05) is 17.7 Å². The quantitative estimate of drug-likeness (QED) is 0.787. The number of imidazole rings is 1. The fourth-order valence-electron chi connectivity index (χ4n) is 1.69. The molecule has 1 aromatic heterocycles. The van der Waals surface area contributed by atoms with E-state index < -0.39 is 0 Å². The van der Waals surface area contributed by atoms with Gasteiger partial charge in [-0.1, -0.05) is 20.8 Å². The molecule has 4 nitrogen and oxygen atoms in total. The van der Waals surface area contributed by atoms with E-state index in [9.17, 15) is 5.11 Å². The van der Waals surface area contributed by atoms with E-state index in [1.165, 1.54) is 0 Å². The Hall–Kier alpha value is -0.870. The van der Waals surface area contributed by atoms with Gasteiger partial charge in [0.25, 0.3) is 0 Å². The summed E-state index contributed by atoms with van der Waals surface area (Å²) in [6.45, 7) is 8.18. The molecule has 2 unspecified atom stereocenters. The molecule has 0 aliphatic carbocycles. The normalized spacial score (nSPS) is 16.4. The average molecular weight is 211 g/mol. The zero-order chi connectivity index (χ0) is 11.6. The lowest BCUT2D eigenvalue weighted by atomic mass is 9.83. The minimum absolute atomic E-state index is 0.0373. The molecule has 86 valence electrons. The van der Waals surface area contributed by atoms with Gasteiger partial charge in [0.2, 0.25) is 0 Å². The fraction of sp³-hybridized carbons (Fsp3) is 0.727. The van der Waals surface area contributed by atoms with Crippen LogP contribution in [0, 0.1) is 12.3 Å². The van der Waals surface area contributed by atoms with E-state index in [0.717, 1.165) is 5.82 Å². The highest BCUT2D eigenvalue weighted by Gasteiger charge is 2.30. The van der Waals surface area contributed by atoms with Crippen LogP contribution in [0.2, 0.25) is 0 Å². The molecule has 1 aromatic rings. The van der Waals surface area contributed by atoms with Crippen molar-refractivity contribution in [2.75, 3.05) is 6.61 Å². The molecule has 3 N–H and O–H groups in total. The highest BCUT2D eigenvalue weighted by Crippen LogP contribution is 2.26. The summed E-state index contributed by atoms with van der Waals surface area (Å²) in [5.74, 6) is 0.883. The molecule has 0 bridgehead atoms. The Bertz CT molecular complexity index is 314. The van der Waals surface area contributed by atoms with Crippen LogP contribution in [0.25, 0.3) is 0 Å². The van der Waals surface area contributed by atoms with Gasteiger partial charge in [-0.15, -0.1) is 0 Å². The first-order valence-electron chi connectivity index (χ1n) is 5.23. The molecule has 0 aromatic carbocycles. The van der Waals surface area contributed by atoms with Crippen molar-refractivity contribution < 1.29 is 5.11 Å². The van der Waals surface area contributed by atoms with Gasteiger partial charge >= 0.3 is 0 Å². The summed E-state index contributed by atoms with van der Waals surface area (Å²) >= 11 is 0. The molecule has 1 heterocycles. The number of nitrogens with two attached hydrogens (primary N) is 1. The number of aliphatic hydroxyl groups excluding tert-OH is 1. The number of rotatable bonds is 3.